The summed E-state index contributed by atoms with van der Waals surface area (Å²) in [6.07, 6.45) is 2.66. The molecule has 1 aliphatic rings. The predicted molar refractivity (Wildman–Crippen MR) is 114 cm³/mol. The normalized spacial score (nSPS) is 17.1. The van der Waals surface area contributed by atoms with Crippen LogP contribution < -0.4 is 4.74 Å². The summed E-state index contributed by atoms with van der Waals surface area (Å²) in [5.74, 6) is -4.32. The van der Waals surface area contributed by atoms with Gasteiger partial charge in [-0.1, -0.05) is 46.8 Å². The highest BCUT2D eigenvalue weighted by molar-refractivity contribution is 5.51. The molecule has 1 atom stereocenters. The van der Waals surface area contributed by atoms with Crippen LogP contribution in [0.1, 0.15) is 64.5 Å². The highest BCUT2D eigenvalue weighted by Crippen LogP contribution is 2.40. The molecule has 5 heteroatoms. The van der Waals surface area contributed by atoms with Crippen molar-refractivity contribution in [1.29, 1.82) is 0 Å². The smallest absolute Gasteiger partial charge is 0.201 e. The van der Waals surface area contributed by atoms with Crippen LogP contribution in [0.15, 0.2) is 53.4 Å². The summed E-state index contributed by atoms with van der Waals surface area (Å²) in [6.45, 7) is 14.8. The maximum absolute atomic E-state index is 15.1. The number of benzene rings is 1. The van der Waals surface area contributed by atoms with Gasteiger partial charge in [0.05, 0.1) is 5.83 Å². The molecular weight excluding hydrogens is 392 g/mol. The summed E-state index contributed by atoms with van der Waals surface area (Å²) in [5.41, 5.74) is 1.68. The Morgan fingerprint density at radius 3 is 2.43 bits per heavy atom. The first kappa shape index (κ1) is 24.0. The van der Waals surface area contributed by atoms with Gasteiger partial charge in [0.25, 0.3) is 0 Å². The van der Waals surface area contributed by atoms with Crippen LogP contribution in [0, 0.1) is 17.6 Å². The van der Waals surface area contributed by atoms with Gasteiger partial charge in [-0.25, -0.2) is 13.2 Å². The lowest BCUT2D eigenvalue weighted by Crippen LogP contribution is -2.16. The SMILES string of the molecule is C=C1Cc2cc(CCC)c(F)c(F)c2O/C1=C(\F)C(=C)C(C)C/C(F)=C(\C)CCC. The van der Waals surface area contributed by atoms with Crippen molar-refractivity contribution in [3.63, 3.8) is 0 Å². The minimum absolute atomic E-state index is 0.0117. The van der Waals surface area contributed by atoms with Crippen molar-refractivity contribution in [2.75, 3.05) is 0 Å². The van der Waals surface area contributed by atoms with Crippen molar-refractivity contribution in [1.82, 2.24) is 0 Å². The van der Waals surface area contributed by atoms with Crippen LogP contribution >= 0.6 is 0 Å². The van der Waals surface area contributed by atoms with Crippen LogP contribution in [0.3, 0.4) is 0 Å². The third kappa shape index (κ3) is 5.05. The minimum atomic E-state index is -1.13. The van der Waals surface area contributed by atoms with Gasteiger partial charge in [0, 0.05) is 18.4 Å². The van der Waals surface area contributed by atoms with Crippen molar-refractivity contribution >= 4 is 0 Å². The fourth-order valence-corrected chi connectivity index (χ4v) is 3.54. The van der Waals surface area contributed by atoms with Crippen molar-refractivity contribution in [2.24, 2.45) is 5.92 Å². The molecule has 1 heterocycles. The monoisotopic (exact) mass is 422 g/mol. The molecule has 1 unspecified atom stereocenters. The maximum Gasteiger partial charge on any atom is 0.201 e. The van der Waals surface area contributed by atoms with Crippen LogP contribution in [0.4, 0.5) is 17.6 Å². The summed E-state index contributed by atoms with van der Waals surface area (Å²) < 4.78 is 63.8. The minimum Gasteiger partial charge on any atom is -0.450 e. The molecule has 0 saturated heterocycles. The van der Waals surface area contributed by atoms with E-state index in [1.165, 1.54) is 0 Å². The third-order valence-electron chi connectivity index (χ3n) is 5.41. The van der Waals surface area contributed by atoms with Gasteiger partial charge >= 0.3 is 0 Å². The first-order chi connectivity index (χ1) is 14.1. The van der Waals surface area contributed by atoms with Gasteiger partial charge in [-0.15, -0.1) is 0 Å². The van der Waals surface area contributed by atoms with Crippen molar-refractivity contribution < 1.29 is 22.3 Å². The molecule has 0 bridgehead atoms. The molecule has 2 rings (SSSR count). The fraction of sp³-hybridized carbons (Fsp3) is 0.440. The van der Waals surface area contributed by atoms with Crippen molar-refractivity contribution in [3.8, 4) is 5.75 Å². The summed E-state index contributed by atoms with van der Waals surface area (Å²) in [7, 11) is 0. The topological polar surface area (TPSA) is 9.23 Å². The number of hydrogen-bond donors (Lipinski definition) is 0. The number of hydrogen-bond acceptors (Lipinski definition) is 1. The maximum atomic E-state index is 15.1. The van der Waals surface area contributed by atoms with Crippen LogP contribution in [-0.4, -0.2) is 0 Å². The molecule has 1 aliphatic heterocycles. The number of fused-ring (bicyclic) bond motifs is 1. The van der Waals surface area contributed by atoms with Gasteiger partial charge in [-0.05, 0) is 54.0 Å². The van der Waals surface area contributed by atoms with Crippen LogP contribution in [0.5, 0.6) is 5.75 Å². The second-order valence-corrected chi connectivity index (χ2v) is 7.99. The molecule has 0 aliphatic carbocycles. The average Bonchev–Trinajstić information content (AvgIpc) is 2.70. The molecule has 1 nitrogen and oxygen atoms in total. The first-order valence-electron chi connectivity index (χ1n) is 10.4. The Labute approximate surface area is 176 Å². The van der Waals surface area contributed by atoms with E-state index in [-0.39, 0.29) is 41.3 Å². The van der Waals surface area contributed by atoms with Crippen molar-refractivity contribution in [2.45, 2.75) is 66.2 Å². The summed E-state index contributed by atoms with van der Waals surface area (Å²) >= 11 is 0. The molecule has 0 aromatic heterocycles. The van der Waals surface area contributed by atoms with Gasteiger partial charge in [0.2, 0.25) is 5.82 Å². The lowest BCUT2D eigenvalue weighted by molar-refractivity contribution is 0.351. The van der Waals surface area contributed by atoms with Gasteiger partial charge in [0.1, 0.15) is 0 Å². The quantitative estimate of drug-likeness (QED) is 0.384. The number of aryl methyl sites for hydroxylation is 1. The Hall–Kier alpha value is -2.30. The Morgan fingerprint density at radius 2 is 1.83 bits per heavy atom. The zero-order valence-corrected chi connectivity index (χ0v) is 18.2. The van der Waals surface area contributed by atoms with E-state index in [9.17, 15) is 13.2 Å². The van der Waals surface area contributed by atoms with Gasteiger partial charge < -0.3 is 4.74 Å². The van der Waals surface area contributed by atoms with Crippen LogP contribution in [0.2, 0.25) is 0 Å². The predicted octanol–water partition coefficient (Wildman–Crippen LogP) is 8.22. The molecule has 1 aromatic carbocycles. The third-order valence-corrected chi connectivity index (χ3v) is 5.41. The number of halogens is 4. The zero-order valence-electron chi connectivity index (χ0n) is 18.2. The van der Waals surface area contributed by atoms with Crippen molar-refractivity contribution in [3.05, 3.63) is 76.1 Å². The van der Waals surface area contributed by atoms with Gasteiger partial charge in [0.15, 0.2) is 23.2 Å². The molecule has 30 heavy (non-hydrogen) atoms. The Morgan fingerprint density at radius 1 is 1.17 bits per heavy atom. The Bertz CT molecular complexity index is 908. The molecule has 0 fully saturated rings. The summed E-state index contributed by atoms with van der Waals surface area (Å²) in [4.78, 5) is 0. The fourth-order valence-electron chi connectivity index (χ4n) is 3.54. The summed E-state index contributed by atoms with van der Waals surface area (Å²) in [6, 6.07) is 1.55. The molecule has 0 spiro atoms. The highest BCUT2D eigenvalue weighted by Gasteiger charge is 2.29. The van der Waals surface area contributed by atoms with E-state index in [0.29, 0.717) is 36.0 Å². The van der Waals surface area contributed by atoms with Crippen LogP contribution in [0.25, 0.3) is 0 Å². The van der Waals surface area contributed by atoms with E-state index in [0.717, 1.165) is 6.42 Å². The Kier molecular flexibility index (Phi) is 8.10. The number of ether oxygens (including phenoxy) is 1. The van der Waals surface area contributed by atoms with E-state index in [2.05, 4.69) is 13.2 Å². The lowest BCUT2D eigenvalue weighted by atomic mass is 9.92. The molecule has 164 valence electrons. The molecular formula is C25H30F4O. The second kappa shape index (κ2) is 10.1. The zero-order chi connectivity index (χ0) is 22.6. The van der Waals surface area contributed by atoms with Crippen LogP contribution in [-0.2, 0) is 12.8 Å². The Balaban J connectivity index is 2.33. The van der Waals surface area contributed by atoms with E-state index >= 15 is 4.39 Å². The molecule has 1 aromatic rings. The number of rotatable bonds is 8. The molecule has 0 radical (unpaired) electrons. The van der Waals surface area contributed by atoms with E-state index < -0.39 is 23.4 Å². The first-order valence-corrected chi connectivity index (χ1v) is 10.4. The molecule has 0 amide bonds. The second-order valence-electron chi connectivity index (χ2n) is 7.99. The lowest BCUT2D eigenvalue weighted by Gasteiger charge is -2.25. The van der Waals surface area contributed by atoms with E-state index in [1.807, 2.05) is 13.8 Å². The highest BCUT2D eigenvalue weighted by atomic mass is 19.2. The summed E-state index contributed by atoms with van der Waals surface area (Å²) in [5, 5.41) is 0. The van der Waals surface area contributed by atoms with Gasteiger partial charge in [-0.2, -0.15) is 4.39 Å². The largest absolute Gasteiger partial charge is 0.450 e. The standard InChI is InChI=1S/C25H30F4O/c1-7-9-14(3)20(26)12-15(4)17(6)21(27)24-16(5)11-19-13-18(10-8-2)22(28)23(29)25(19)30-24/h13,15H,5-12H2,1-4H3/b20-14-,24-21-. The number of allylic oxidation sites excluding steroid dienone is 5. The molecule has 0 N–H and O–H groups in total. The molecule has 0 saturated carbocycles. The van der Waals surface area contributed by atoms with Gasteiger partial charge in [-0.3, -0.25) is 0 Å². The average molecular weight is 423 g/mol. The van der Waals surface area contributed by atoms with E-state index in [4.69, 9.17) is 4.74 Å². The van der Waals surface area contributed by atoms with E-state index in [1.54, 1.807) is 19.9 Å².